The summed E-state index contributed by atoms with van der Waals surface area (Å²) in [5.41, 5.74) is -3.38. The Morgan fingerprint density at radius 2 is 2.26 bits per heavy atom. The molecule has 0 aromatic carbocycles. The third-order valence-corrected chi connectivity index (χ3v) is 2.60. The summed E-state index contributed by atoms with van der Waals surface area (Å²) in [5, 5.41) is 8.65. The van der Waals surface area contributed by atoms with Crippen LogP contribution < -0.4 is 11.2 Å². The van der Waals surface area contributed by atoms with E-state index in [2.05, 4.69) is 4.98 Å². The molecule has 2 rings (SSSR count). The first kappa shape index (κ1) is 7.27. The summed E-state index contributed by atoms with van der Waals surface area (Å²) in [6.45, 7) is -6.20. The minimum absolute atomic E-state index is 0.112. The van der Waals surface area contributed by atoms with Gasteiger partial charge in [-0.05, 0) is 6.42 Å². The molecule has 0 fully saturated rings. The Morgan fingerprint density at radius 3 is 2.89 bits per heavy atom. The molecule has 8 heteroatoms. The van der Waals surface area contributed by atoms with E-state index in [1.165, 1.54) is 0 Å². The topological polar surface area (TPSA) is 99.1 Å². The number of rotatable bonds is 4. The smallest absolute Gasteiger partial charge is 0.332 e. The maximum Gasteiger partial charge on any atom is 0.332 e. The Kier molecular flexibility index (Phi) is 1.80. The third-order valence-electron chi connectivity index (χ3n) is 2.60. The molecular weight excluding hydrogens is 252 g/mol. The molecule has 2 aromatic rings. The number of aliphatic carboxylic acids is 1. The lowest BCUT2D eigenvalue weighted by atomic mass is 10.3. The fourth-order valence-corrected chi connectivity index (χ4v) is 1.71. The number of carboxylic acid groups (broad SMARTS) is 1. The van der Waals surface area contributed by atoms with Gasteiger partial charge in [0.2, 0.25) is 0 Å². The van der Waals surface area contributed by atoms with E-state index in [-0.39, 0.29) is 24.0 Å². The summed E-state index contributed by atoms with van der Waals surface area (Å²) < 4.78 is 45.9. The predicted molar refractivity (Wildman–Crippen MR) is 67.1 cm³/mol. The van der Waals surface area contributed by atoms with Crippen molar-refractivity contribution in [2.45, 2.75) is 19.4 Å². The van der Waals surface area contributed by atoms with Crippen molar-refractivity contribution in [3.63, 3.8) is 0 Å². The lowest BCUT2D eigenvalue weighted by molar-refractivity contribution is -0.137. The van der Waals surface area contributed by atoms with Gasteiger partial charge in [0, 0.05) is 35.1 Å². The van der Waals surface area contributed by atoms with Crippen molar-refractivity contribution in [1.29, 1.82) is 0 Å². The van der Waals surface area contributed by atoms with Crippen LogP contribution in [-0.2, 0) is 25.3 Å². The monoisotopic (exact) mass is 272 g/mol. The van der Waals surface area contributed by atoms with Crippen molar-refractivity contribution in [1.82, 2.24) is 18.7 Å². The van der Waals surface area contributed by atoms with Crippen molar-refractivity contribution in [2.75, 3.05) is 0 Å². The first-order chi connectivity index (χ1) is 11.4. The van der Waals surface area contributed by atoms with E-state index >= 15 is 0 Å². The number of hydrogen-bond acceptors (Lipinski definition) is 4. The molecule has 2 heterocycles. The summed E-state index contributed by atoms with van der Waals surface area (Å²) in [4.78, 5) is 39.2. The molecule has 1 N–H and O–H groups in total. The van der Waals surface area contributed by atoms with Crippen LogP contribution in [0.1, 0.15) is 21.1 Å². The Bertz CT molecular complexity index is 935. The van der Waals surface area contributed by atoms with Crippen LogP contribution in [0, 0.1) is 0 Å². The number of aryl methyl sites for hydroxylation is 2. The van der Waals surface area contributed by atoms with Gasteiger partial charge in [0.1, 0.15) is 0 Å². The van der Waals surface area contributed by atoms with Crippen LogP contribution in [0.2, 0.25) is 0 Å². The Morgan fingerprint density at radius 1 is 1.47 bits per heavy atom. The zero-order chi connectivity index (χ0) is 19.2. The van der Waals surface area contributed by atoms with Crippen LogP contribution in [0.4, 0.5) is 0 Å². The summed E-state index contributed by atoms with van der Waals surface area (Å²) in [5.74, 6) is -1.15. The average molecular weight is 272 g/mol. The number of carboxylic acids is 1. The molecule has 0 amide bonds. The largest absolute Gasteiger partial charge is 0.481 e. The molecule has 0 atom stereocenters. The normalized spacial score (nSPS) is 17.1. The second-order valence-electron chi connectivity index (χ2n) is 3.86. The predicted octanol–water partition coefficient (Wildman–Crippen LogP) is -0.701. The maximum atomic E-state index is 12.5. The van der Waals surface area contributed by atoms with Crippen molar-refractivity contribution >= 4 is 17.1 Å². The minimum atomic E-state index is -3.01. The van der Waals surface area contributed by atoms with E-state index in [0.717, 1.165) is 6.33 Å². The molecule has 0 radical (unpaired) electrons. The standard InChI is InChI=1S/C11H14N4O4/c1-13-6-12-9-8(13)10(18)15(11(19)14(9)2)5-3-4-7(16)17/h6H,3-5H2,1-2H3,(H,16,17)/i1D3,2D3. The van der Waals surface area contributed by atoms with E-state index in [1.807, 2.05) is 0 Å². The number of carbonyl (C=O) groups is 1. The number of aromatic nitrogens is 4. The molecule has 8 nitrogen and oxygen atoms in total. The quantitative estimate of drug-likeness (QED) is 0.793. The van der Waals surface area contributed by atoms with Crippen LogP contribution in [0.25, 0.3) is 11.2 Å². The third kappa shape index (κ3) is 2.16. The van der Waals surface area contributed by atoms with Crippen LogP contribution >= 0.6 is 0 Å². The van der Waals surface area contributed by atoms with Crippen molar-refractivity contribution in [3.05, 3.63) is 27.2 Å². The highest BCUT2D eigenvalue weighted by Crippen LogP contribution is 2.03. The molecule has 2 aromatic heterocycles. The second-order valence-corrected chi connectivity index (χ2v) is 3.86. The number of nitrogens with zero attached hydrogens (tertiary/aromatic N) is 4. The van der Waals surface area contributed by atoms with E-state index in [9.17, 15) is 14.4 Å². The SMILES string of the molecule is [2H]C([2H])([2H])n1cnc2c1c(=O)n(CCCC(=O)O)c(=O)n2C([2H])([2H])[2H]. The van der Waals surface area contributed by atoms with E-state index < -0.39 is 42.3 Å². The zero-order valence-corrected chi connectivity index (χ0v) is 9.66. The van der Waals surface area contributed by atoms with Gasteiger partial charge in [-0.3, -0.25) is 18.7 Å². The van der Waals surface area contributed by atoms with Crippen molar-refractivity contribution in [2.24, 2.45) is 14.0 Å². The van der Waals surface area contributed by atoms with Gasteiger partial charge in [0.15, 0.2) is 11.2 Å². The molecule has 0 aliphatic carbocycles. The molecule has 0 bridgehead atoms. The van der Waals surface area contributed by atoms with Gasteiger partial charge in [-0.1, -0.05) is 0 Å². The maximum absolute atomic E-state index is 12.5. The van der Waals surface area contributed by atoms with E-state index in [1.54, 1.807) is 0 Å². The Hall–Kier alpha value is -2.38. The average Bonchev–Trinajstić information content (AvgIpc) is 2.85. The molecular formula is C11H14N4O4. The van der Waals surface area contributed by atoms with Crippen LogP contribution in [0.15, 0.2) is 15.9 Å². The Labute approximate surface area is 116 Å². The summed E-state index contributed by atoms with van der Waals surface area (Å²) in [6, 6.07) is 0. The zero-order valence-electron chi connectivity index (χ0n) is 15.7. The van der Waals surface area contributed by atoms with Gasteiger partial charge in [-0.15, -0.1) is 0 Å². The van der Waals surface area contributed by atoms with Crippen LogP contribution in [0.3, 0.4) is 0 Å². The van der Waals surface area contributed by atoms with Gasteiger partial charge < -0.3 is 9.67 Å². The van der Waals surface area contributed by atoms with Gasteiger partial charge in [-0.25, -0.2) is 9.78 Å². The van der Waals surface area contributed by atoms with Gasteiger partial charge in [0.25, 0.3) is 5.56 Å². The summed E-state index contributed by atoms with van der Waals surface area (Å²) >= 11 is 0. The molecule has 19 heavy (non-hydrogen) atoms. The summed E-state index contributed by atoms with van der Waals surface area (Å²) in [6.07, 6.45) is 0.303. The first-order valence-corrected chi connectivity index (χ1v) is 5.31. The highest BCUT2D eigenvalue weighted by molar-refractivity contribution is 5.69. The van der Waals surface area contributed by atoms with E-state index in [4.69, 9.17) is 13.3 Å². The second kappa shape index (κ2) is 4.71. The molecule has 0 aliphatic heterocycles. The van der Waals surface area contributed by atoms with Gasteiger partial charge in [0.05, 0.1) is 6.33 Å². The molecule has 0 saturated carbocycles. The first-order valence-electron chi connectivity index (χ1n) is 8.31. The minimum Gasteiger partial charge on any atom is -0.481 e. The Balaban J connectivity index is 2.83. The molecule has 0 aliphatic rings. The number of imidazole rings is 1. The molecule has 0 spiro atoms. The van der Waals surface area contributed by atoms with Crippen molar-refractivity contribution in [3.8, 4) is 0 Å². The van der Waals surface area contributed by atoms with Crippen molar-refractivity contribution < 1.29 is 18.1 Å². The highest BCUT2D eigenvalue weighted by Gasteiger charge is 2.14. The number of hydrogen-bond donors (Lipinski definition) is 1. The van der Waals surface area contributed by atoms with Crippen LogP contribution in [0.5, 0.6) is 0 Å². The molecule has 102 valence electrons. The fourth-order valence-electron chi connectivity index (χ4n) is 1.71. The molecule has 0 unspecified atom stereocenters. The summed E-state index contributed by atoms with van der Waals surface area (Å²) in [7, 11) is 0. The fraction of sp³-hybridized carbons (Fsp3) is 0.455. The lowest BCUT2D eigenvalue weighted by Gasteiger charge is -2.07. The molecule has 0 saturated heterocycles. The van der Waals surface area contributed by atoms with Gasteiger partial charge >= 0.3 is 11.7 Å². The van der Waals surface area contributed by atoms with E-state index in [0.29, 0.717) is 9.13 Å². The van der Waals surface area contributed by atoms with Gasteiger partial charge in [-0.2, -0.15) is 0 Å². The van der Waals surface area contributed by atoms with Crippen LogP contribution in [-0.4, -0.2) is 29.8 Å². The highest BCUT2D eigenvalue weighted by atomic mass is 16.4. The lowest BCUT2D eigenvalue weighted by Crippen LogP contribution is -2.39. The number of fused-ring (bicyclic) bond motifs is 1.